The van der Waals surface area contributed by atoms with Crippen molar-refractivity contribution >= 4 is 43.2 Å². The standard InChI is InChI=1S/C14H14Br2O2S/c1-17-13-7-11(8-15)6-12(16)14(13)18-4-2-10-3-5-19-9-10/h3,5-7,9H,2,4,8H2,1H3. The van der Waals surface area contributed by atoms with E-state index >= 15 is 0 Å². The summed E-state index contributed by atoms with van der Waals surface area (Å²) in [6, 6.07) is 6.14. The maximum atomic E-state index is 5.85. The van der Waals surface area contributed by atoms with Crippen LogP contribution in [0.2, 0.25) is 0 Å². The lowest BCUT2D eigenvalue weighted by Gasteiger charge is -2.13. The van der Waals surface area contributed by atoms with Gasteiger partial charge in [0.05, 0.1) is 18.2 Å². The summed E-state index contributed by atoms with van der Waals surface area (Å²) < 4.78 is 12.2. The number of benzene rings is 1. The molecule has 2 nitrogen and oxygen atoms in total. The highest BCUT2D eigenvalue weighted by Gasteiger charge is 2.11. The van der Waals surface area contributed by atoms with Crippen molar-refractivity contribution in [3.63, 3.8) is 0 Å². The van der Waals surface area contributed by atoms with Crippen LogP contribution in [-0.2, 0) is 11.8 Å². The van der Waals surface area contributed by atoms with Gasteiger partial charge in [-0.3, -0.25) is 0 Å². The van der Waals surface area contributed by atoms with E-state index in [1.54, 1.807) is 18.4 Å². The van der Waals surface area contributed by atoms with E-state index < -0.39 is 0 Å². The topological polar surface area (TPSA) is 18.5 Å². The lowest BCUT2D eigenvalue weighted by Crippen LogP contribution is -2.03. The Balaban J connectivity index is 2.06. The minimum absolute atomic E-state index is 0.638. The highest BCUT2D eigenvalue weighted by molar-refractivity contribution is 9.10. The third-order valence-corrected chi connectivity index (χ3v) is 4.63. The zero-order valence-electron chi connectivity index (χ0n) is 10.5. The summed E-state index contributed by atoms with van der Waals surface area (Å²) >= 11 is 8.68. The monoisotopic (exact) mass is 404 g/mol. The fraction of sp³-hybridized carbons (Fsp3) is 0.286. The number of alkyl halides is 1. The smallest absolute Gasteiger partial charge is 0.175 e. The Kier molecular flexibility index (Phi) is 5.73. The van der Waals surface area contributed by atoms with Crippen molar-refractivity contribution in [2.75, 3.05) is 13.7 Å². The summed E-state index contributed by atoms with van der Waals surface area (Å²) in [7, 11) is 1.66. The van der Waals surface area contributed by atoms with Crippen molar-refractivity contribution in [1.82, 2.24) is 0 Å². The molecule has 0 aliphatic carbocycles. The molecule has 0 amide bonds. The molecule has 5 heteroatoms. The zero-order chi connectivity index (χ0) is 13.7. The molecule has 0 bridgehead atoms. The van der Waals surface area contributed by atoms with Crippen molar-refractivity contribution in [3.05, 3.63) is 44.6 Å². The Bertz CT molecular complexity index is 526. The minimum Gasteiger partial charge on any atom is -0.493 e. The van der Waals surface area contributed by atoms with Gasteiger partial charge in [-0.2, -0.15) is 11.3 Å². The van der Waals surface area contributed by atoms with Crippen molar-refractivity contribution in [3.8, 4) is 11.5 Å². The molecular formula is C14H14Br2O2S. The normalized spacial score (nSPS) is 10.5. The lowest BCUT2D eigenvalue weighted by molar-refractivity contribution is 0.295. The van der Waals surface area contributed by atoms with E-state index in [9.17, 15) is 0 Å². The molecule has 0 saturated carbocycles. The maximum Gasteiger partial charge on any atom is 0.175 e. The largest absolute Gasteiger partial charge is 0.493 e. The molecule has 0 fully saturated rings. The lowest BCUT2D eigenvalue weighted by atomic mass is 10.2. The van der Waals surface area contributed by atoms with Crippen molar-refractivity contribution in [2.45, 2.75) is 11.8 Å². The van der Waals surface area contributed by atoms with Gasteiger partial charge in [0.25, 0.3) is 0 Å². The molecule has 0 aliphatic heterocycles. The summed E-state index contributed by atoms with van der Waals surface area (Å²) in [5, 5.41) is 5.01. The summed E-state index contributed by atoms with van der Waals surface area (Å²) in [6.07, 6.45) is 0.902. The fourth-order valence-electron chi connectivity index (χ4n) is 1.70. The molecule has 19 heavy (non-hydrogen) atoms. The Morgan fingerprint density at radius 2 is 2.11 bits per heavy atom. The van der Waals surface area contributed by atoms with E-state index in [1.165, 1.54) is 5.56 Å². The van der Waals surface area contributed by atoms with Crippen LogP contribution >= 0.6 is 43.2 Å². The molecule has 0 atom stereocenters. The average Bonchev–Trinajstić information content (AvgIpc) is 2.93. The second-order valence-corrected chi connectivity index (χ2v) is 6.17. The highest BCUT2D eigenvalue weighted by Crippen LogP contribution is 2.37. The first kappa shape index (κ1) is 14.9. The number of thiophene rings is 1. The minimum atomic E-state index is 0.638. The van der Waals surface area contributed by atoms with E-state index in [2.05, 4.69) is 48.7 Å². The van der Waals surface area contributed by atoms with Crippen molar-refractivity contribution in [2.24, 2.45) is 0 Å². The van der Waals surface area contributed by atoms with Crippen LogP contribution in [0.3, 0.4) is 0 Å². The van der Waals surface area contributed by atoms with E-state index in [-0.39, 0.29) is 0 Å². The summed E-state index contributed by atoms with van der Waals surface area (Å²) in [5.41, 5.74) is 2.45. The molecule has 1 heterocycles. The molecule has 1 aromatic carbocycles. The van der Waals surface area contributed by atoms with Gasteiger partial charge in [0.1, 0.15) is 0 Å². The third kappa shape index (κ3) is 3.97. The van der Waals surface area contributed by atoms with Crippen LogP contribution in [0.1, 0.15) is 11.1 Å². The second kappa shape index (κ2) is 7.31. The van der Waals surface area contributed by atoms with Gasteiger partial charge in [-0.1, -0.05) is 15.9 Å². The van der Waals surface area contributed by atoms with Crippen molar-refractivity contribution < 1.29 is 9.47 Å². The SMILES string of the molecule is COc1cc(CBr)cc(Br)c1OCCc1ccsc1. The van der Waals surface area contributed by atoms with Gasteiger partial charge in [-0.15, -0.1) is 0 Å². The Hall–Kier alpha value is -0.520. The predicted octanol–water partition coefficient (Wildman–Crippen LogP) is 5.04. The highest BCUT2D eigenvalue weighted by atomic mass is 79.9. The van der Waals surface area contributed by atoms with Crippen molar-refractivity contribution in [1.29, 1.82) is 0 Å². The average molecular weight is 406 g/mol. The van der Waals surface area contributed by atoms with Crippen LogP contribution in [-0.4, -0.2) is 13.7 Å². The molecule has 0 N–H and O–H groups in total. The fourth-order valence-corrected chi connectivity index (χ4v) is 3.33. The molecule has 0 aliphatic rings. The second-order valence-electron chi connectivity index (χ2n) is 3.97. The first-order valence-electron chi connectivity index (χ1n) is 5.81. The van der Waals surface area contributed by atoms with Crippen LogP contribution in [0.4, 0.5) is 0 Å². The van der Waals surface area contributed by atoms with Gasteiger partial charge in [0, 0.05) is 11.8 Å². The molecular weight excluding hydrogens is 392 g/mol. The molecule has 0 spiro atoms. The molecule has 0 radical (unpaired) electrons. The van der Waals surface area contributed by atoms with Crippen LogP contribution in [0.5, 0.6) is 11.5 Å². The molecule has 0 unspecified atom stereocenters. The number of rotatable bonds is 6. The molecule has 0 saturated heterocycles. The number of methoxy groups -OCH3 is 1. The van der Waals surface area contributed by atoms with E-state index in [0.29, 0.717) is 6.61 Å². The molecule has 2 aromatic rings. The van der Waals surface area contributed by atoms with E-state index in [4.69, 9.17) is 9.47 Å². The maximum absolute atomic E-state index is 5.85. The Morgan fingerprint density at radius 1 is 1.26 bits per heavy atom. The third-order valence-electron chi connectivity index (χ3n) is 2.66. The zero-order valence-corrected chi connectivity index (χ0v) is 14.5. The predicted molar refractivity (Wildman–Crippen MR) is 86.8 cm³/mol. The van der Waals surface area contributed by atoms with Gasteiger partial charge in [-0.05, 0) is 56.0 Å². The summed E-state index contributed by atoms with van der Waals surface area (Å²) in [5.74, 6) is 1.52. The van der Waals surface area contributed by atoms with Gasteiger partial charge in [0.2, 0.25) is 0 Å². The van der Waals surface area contributed by atoms with Crippen LogP contribution in [0.25, 0.3) is 0 Å². The van der Waals surface area contributed by atoms with Gasteiger partial charge < -0.3 is 9.47 Å². The van der Waals surface area contributed by atoms with Gasteiger partial charge >= 0.3 is 0 Å². The number of hydrogen-bond acceptors (Lipinski definition) is 3. The number of halogens is 2. The first-order chi connectivity index (χ1) is 9.24. The summed E-state index contributed by atoms with van der Waals surface area (Å²) in [6.45, 7) is 0.638. The van der Waals surface area contributed by atoms with E-state index in [0.717, 1.165) is 33.3 Å². The Labute approximate surface area is 134 Å². The Morgan fingerprint density at radius 3 is 2.74 bits per heavy atom. The van der Waals surface area contributed by atoms with Crippen LogP contribution in [0, 0.1) is 0 Å². The van der Waals surface area contributed by atoms with Gasteiger partial charge in [-0.25, -0.2) is 0 Å². The van der Waals surface area contributed by atoms with Gasteiger partial charge in [0.15, 0.2) is 11.5 Å². The van der Waals surface area contributed by atoms with E-state index in [1.807, 2.05) is 12.1 Å². The van der Waals surface area contributed by atoms with Crippen LogP contribution < -0.4 is 9.47 Å². The van der Waals surface area contributed by atoms with Crippen LogP contribution in [0.15, 0.2) is 33.4 Å². The molecule has 2 rings (SSSR count). The number of ether oxygens (including phenoxy) is 2. The molecule has 102 valence electrons. The quantitative estimate of drug-likeness (QED) is 0.627. The first-order valence-corrected chi connectivity index (χ1v) is 8.66. The molecule has 1 aromatic heterocycles. The summed E-state index contributed by atoms with van der Waals surface area (Å²) in [4.78, 5) is 0. The number of hydrogen-bond donors (Lipinski definition) is 0.